The molecule has 0 radical (unpaired) electrons. The molecule has 9 heteroatoms. The molecule has 164 valence electrons. The highest BCUT2D eigenvalue weighted by Gasteiger charge is 2.42. The maximum absolute atomic E-state index is 13.4. The Hall–Kier alpha value is -1.94. The number of methoxy groups -OCH3 is 1. The van der Waals surface area contributed by atoms with Crippen LogP contribution in [0.4, 0.5) is 0 Å². The number of nitrogens with zero attached hydrogens (tertiary/aromatic N) is 4. The van der Waals surface area contributed by atoms with Gasteiger partial charge < -0.3 is 9.47 Å². The minimum Gasteiger partial charge on any atom is -0.492 e. The van der Waals surface area contributed by atoms with Gasteiger partial charge in [-0.2, -0.15) is 9.40 Å². The van der Waals surface area contributed by atoms with Crippen molar-refractivity contribution < 1.29 is 17.9 Å². The number of benzene rings is 1. The number of fused-ring (bicyclic) bond motifs is 1. The Bertz CT molecular complexity index is 967. The fraction of sp³-hybridized carbons (Fsp3) is 0.571. The fourth-order valence-corrected chi connectivity index (χ4v) is 6.02. The van der Waals surface area contributed by atoms with Crippen molar-refractivity contribution in [2.24, 2.45) is 12.5 Å². The molecule has 0 aliphatic carbocycles. The first-order valence-electron chi connectivity index (χ1n) is 10.3. The third kappa shape index (κ3) is 4.39. The van der Waals surface area contributed by atoms with Gasteiger partial charge in [0.15, 0.2) is 0 Å². The van der Waals surface area contributed by atoms with Gasteiger partial charge in [0.1, 0.15) is 10.6 Å². The predicted octanol–water partition coefficient (Wildman–Crippen LogP) is 1.73. The summed E-state index contributed by atoms with van der Waals surface area (Å²) < 4.78 is 41.5. The van der Waals surface area contributed by atoms with Crippen molar-refractivity contribution in [3.63, 3.8) is 0 Å². The van der Waals surface area contributed by atoms with Crippen molar-refractivity contribution in [3.8, 4) is 5.75 Å². The number of aryl methyl sites for hydroxylation is 1. The monoisotopic (exact) mass is 434 g/mol. The summed E-state index contributed by atoms with van der Waals surface area (Å²) >= 11 is 0. The summed E-state index contributed by atoms with van der Waals surface area (Å²) in [7, 11) is -0.124. The lowest BCUT2D eigenvalue weighted by Gasteiger charge is -2.45. The van der Waals surface area contributed by atoms with Crippen LogP contribution in [0.15, 0.2) is 41.6 Å². The van der Waals surface area contributed by atoms with E-state index in [2.05, 4.69) is 10.00 Å². The van der Waals surface area contributed by atoms with E-state index in [0.29, 0.717) is 32.1 Å². The van der Waals surface area contributed by atoms with Gasteiger partial charge in [0.05, 0.1) is 19.4 Å². The summed E-state index contributed by atoms with van der Waals surface area (Å²) in [4.78, 5) is 2.65. The summed E-state index contributed by atoms with van der Waals surface area (Å²) in [5, 5.41) is 4.25. The van der Waals surface area contributed by atoms with Crippen molar-refractivity contribution in [2.75, 3.05) is 46.5 Å². The van der Waals surface area contributed by atoms with E-state index in [0.717, 1.165) is 32.5 Å². The molecule has 3 heterocycles. The van der Waals surface area contributed by atoms with Crippen LogP contribution in [0, 0.1) is 5.41 Å². The van der Waals surface area contributed by atoms with Crippen LogP contribution in [0.1, 0.15) is 18.4 Å². The summed E-state index contributed by atoms with van der Waals surface area (Å²) in [6.07, 6.45) is 5.71. The van der Waals surface area contributed by atoms with E-state index in [1.807, 2.05) is 30.2 Å². The molecule has 0 amide bonds. The zero-order valence-electron chi connectivity index (χ0n) is 17.7. The average molecular weight is 435 g/mol. The van der Waals surface area contributed by atoms with Gasteiger partial charge in [-0.15, -0.1) is 0 Å². The number of likely N-dealkylation sites (tertiary alicyclic amines) is 1. The zero-order valence-corrected chi connectivity index (χ0v) is 18.5. The van der Waals surface area contributed by atoms with Gasteiger partial charge in [0, 0.05) is 51.0 Å². The molecule has 1 saturated heterocycles. The SMILES string of the molecule is COCCN1CC2(CCN(Cc3cnn(C)c3)CC2)COc2ccccc2S1(=O)=O. The molecule has 4 rings (SSSR count). The average Bonchev–Trinajstić information content (AvgIpc) is 3.15. The molecule has 2 aromatic rings. The highest BCUT2D eigenvalue weighted by Crippen LogP contribution is 2.39. The topological polar surface area (TPSA) is 76.9 Å². The Balaban J connectivity index is 1.54. The second-order valence-corrected chi connectivity index (χ2v) is 10.3. The summed E-state index contributed by atoms with van der Waals surface area (Å²) in [6.45, 7) is 4.34. The lowest BCUT2D eigenvalue weighted by atomic mass is 9.78. The molecule has 0 atom stereocenters. The van der Waals surface area contributed by atoms with Gasteiger partial charge in [-0.25, -0.2) is 8.42 Å². The van der Waals surface area contributed by atoms with Gasteiger partial charge in [0.25, 0.3) is 0 Å². The van der Waals surface area contributed by atoms with Crippen LogP contribution in [0.2, 0.25) is 0 Å². The van der Waals surface area contributed by atoms with Gasteiger partial charge in [-0.05, 0) is 38.1 Å². The van der Waals surface area contributed by atoms with Crippen molar-refractivity contribution in [1.82, 2.24) is 19.0 Å². The smallest absolute Gasteiger partial charge is 0.246 e. The maximum atomic E-state index is 13.4. The Morgan fingerprint density at radius 2 is 2.00 bits per heavy atom. The van der Waals surface area contributed by atoms with Crippen LogP contribution in [-0.4, -0.2) is 73.9 Å². The Morgan fingerprint density at radius 3 is 2.70 bits per heavy atom. The van der Waals surface area contributed by atoms with Crippen LogP contribution < -0.4 is 4.74 Å². The van der Waals surface area contributed by atoms with Crippen molar-refractivity contribution in [1.29, 1.82) is 0 Å². The molecular weight excluding hydrogens is 404 g/mol. The van der Waals surface area contributed by atoms with E-state index in [-0.39, 0.29) is 10.3 Å². The van der Waals surface area contributed by atoms with E-state index in [1.54, 1.807) is 29.6 Å². The number of aromatic nitrogens is 2. The van der Waals surface area contributed by atoms with Crippen LogP contribution >= 0.6 is 0 Å². The minimum absolute atomic E-state index is 0.209. The Kier molecular flexibility index (Phi) is 6.15. The van der Waals surface area contributed by atoms with E-state index < -0.39 is 10.0 Å². The Labute approximate surface area is 178 Å². The van der Waals surface area contributed by atoms with E-state index in [1.165, 1.54) is 5.56 Å². The number of piperidine rings is 1. The number of ether oxygens (including phenoxy) is 2. The lowest BCUT2D eigenvalue weighted by Crippen LogP contribution is -2.51. The molecule has 1 aromatic carbocycles. The van der Waals surface area contributed by atoms with Gasteiger partial charge in [0.2, 0.25) is 10.0 Å². The quantitative estimate of drug-likeness (QED) is 0.713. The van der Waals surface area contributed by atoms with Crippen LogP contribution in [0.3, 0.4) is 0 Å². The zero-order chi connectivity index (χ0) is 21.2. The number of hydrogen-bond donors (Lipinski definition) is 0. The van der Waals surface area contributed by atoms with E-state index in [9.17, 15) is 8.42 Å². The highest BCUT2D eigenvalue weighted by molar-refractivity contribution is 7.89. The largest absolute Gasteiger partial charge is 0.492 e. The number of rotatable bonds is 5. The van der Waals surface area contributed by atoms with E-state index in [4.69, 9.17) is 9.47 Å². The molecule has 1 fully saturated rings. The Morgan fingerprint density at radius 1 is 1.23 bits per heavy atom. The standard InChI is InChI=1S/C21H30N4O4S/c1-23-14-18(13-22-23)15-24-9-7-21(8-10-24)16-25(11-12-28-2)30(26,27)20-6-4-3-5-19(20)29-17-21/h3-6,13-14H,7-12,15-17H2,1-2H3. The summed E-state index contributed by atoms with van der Waals surface area (Å²) in [6, 6.07) is 6.93. The molecule has 30 heavy (non-hydrogen) atoms. The molecule has 0 saturated carbocycles. The number of hydrogen-bond acceptors (Lipinski definition) is 6. The van der Waals surface area contributed by atoms with Crippen LogP contribution in [0.25, 0.3) is 0 Å². The van der Waals surface area contributed by atoms with Crippen molar-refractivity contribution in [3.05, 3.63) is 42.2 Å². The number of sulfonamides is 1. The second kappa shape index (κ2) is 8.66. The molecular formula is C21H30N4O4S. The van der Waals surface area contributed by atoms with Crippen molar-refractivity contribution in [2.45, 2.75) is 24.3 Å². The molecule has 1 aromatic heterocycles. The lowest BCUT2D eigenvalue weighted by molar-refractivity contribution is 0.0290. The normalized spacial score (nSPS) is 21.5. The third-order valence-electron chi connectivity index (χ3n) is 6.14. The van der Waals surface area contributed by atoms with E-state index >= 15 is 0 Å². The molecule has 8 nitrogen and oxygen atoms in total. The predicted molar refractivity (Wildman–Crippen MR) is 113 cm³/mol. The van der Waals surface area contributed by atoms with Gasteiger partial charge in [-0.1, -0.05) is 12.1 Å². The summed E-state index contributed by atoms with van der Waals surface area (Å²) in [5.74, 6) is 0.441. The minimum atomic E-state index is -3.65. The molecule has 0 bridgehead atoms. The molecule has 1 spiro atoms. The molecule has 2 aliphatic heterocycles. The third-order valence-corrected chi connectivity index (χ3v) is 8.02. The second-order valence-electron chi connectivity index (χ2n) is 8.37. The molecule has 0 N–H and O–H groups in total. The molecule has 0 unspecified atom stereocenters. The van der Waals surface area contributed by atoms with Gasteiger partial charge >= 0.3 is 0 Å². The fourth-order valence-electron chi connectivity index (χ4n) is 4.35. The van der Waals surface area contributed by atoms with Gasteiger partial charge in [-0.3, -0.25) is 9.58 Å². The van der Waals surface area contributed by atoms with Crippen LogP contribution in [-0.2, 0) is 28.4 Å². The van der Waals surface area contributed by atoms with Crippen LogP contribution in [0.5, 0.6) is 5.75 Å². The summed E-state index contributed by atoms with van der Waals surface area (Å²) in [5.41, 5.74) is 0.986. The first-order valence-corrected chi connectivity index (χ1v) is 11.8. The maximum Gasteiger partial charge on any atom is 0.246 e. The number of para-hydroxylation sites is 1. The first kappa shape index (κ1) is 21.3. The van der Waals surface area contributed by atoms with Crippen molar-refractivity contribution >= 4 is 10.0 Å². The highest BCUT2D eigenvalue weighted by atomic mass is 32.2. The first-order chi connectivity index (χ1) is 14.4. The molecule has 2 aliphatic rings.